The van der Waals surface area contributed by atoms with Crippen molar-refractivity contribution in [1.29, 1.82) is 0 Å². The number of likely N-dealkylation sites (N-methyl/N-ethyl adjacent to an activating group) is 1. The van der Waals surface area contributed by atoms with E-state index in [1.165, 1.54) is 0 Å². The molecule has 0 spiro atoms. The molecule has 6 heteroatoms. The largest absolute Gasteiger partial charge is 0.394 e. The first-order chi connectivity index (χ1) is 11.5. The van der Waals surface area contributed by atoms with Crippen LogP contribution in [0.1, 0.15) is 19.4 Å². The summed E-state index contributed by atoms with van der Waals surface area (Å²) < 4.78 is 12.0. The summed E-state index contributed by atoms with van der Waals surface area (Å²) in [5, 5.41) is 21.5. The molecular weight excluding hydrogens is 310 g/mol. The highest BCUT2D eigenvalue weighted by molar-refractivity contribution is 5.13. The summed E-state index contributed by atoms with van der Waals surface area (Å²) >= 11 is 0. The number of benzene rings is 1. The fourth-order valence-electron chi connectivity index (χ4n) is 3.71. The van der Waals surface area contributed by atoms with Gasteiger partial charge >= 0.3 is 0 Å². The Morgan fingerprint density at radius 3 is 2.62 bits per heavy atom. The van der Waals surface area contributed by atoms with Crippen LogP contribution in [0.15, 0.2) is 30.3 Å². The van der Waals surface area contributed by atoms with Gasteiger partial charge < -0.3 is 19.7 Å². The van der Waals surface area contributed by atoms with Gasteiger partial charge in [-0.15, -0.1) is 0 Å². The highest BCUT2D eigenvalue weighted by Crippen LogP contribution is 2.37. The minimum atomic E-state index is -0.732. The van der Waals surface area contributed by atoms with E-state index in [9.17, 15) is 10.2 Å². The van der Waals surface area contributed by atoms with Crippen molar-refractivity contribution >= 4 is 0 Å². The summed E-state index contributed by atoms with van der Waals surface area (Å²) in [5.74, 6) is -0.116. The predicted octanol–water partition coefficient (Wildman–Crippen LogP) is 0.963. The minimum absolute atomic E-state index is 0.0947. The van der Waals surface area contributed by atoms with Gasteiger partial charge in [0.2, 0.25) is 0 Å². The van der Waals surface area contributed by atoms with Gasteiger partial charge in [0.1, 0.15) is 18.3 Å². The van der Waals surface area contributed by atoms with E-state index in [2.05, 4.69) is 0 Å². The van der Waals surface area contributed by atoms with Crippen LogP contribution in [0.2, 0.25) is 0 Å². The third-order valence-electron chi connectivity index (χ3n) is 5.15. The summed E-state index contributed by atoms with van der Waals surface area (Å²) in [6.07, 6.45) is -1.91. The number of fused-ring (bicyclic) bond motifs is 1. The topological polar surface area (TPSA) is 71.4 Å². The van der Waals surface area contributed by atoms with Crippen molar-refractivity contribution in [3.63, 3.8) is 0 Å². The molecule has 1 aromatic carbocycles. The lowest BCUT2D eigenvalue weighted by Gasteiger charge is -2.40. The van der Waals surface area contributed by atoms with E-state index >= 15 is 0 Å². The Bertz CT molecular complexity index is 527. The Kier molecular flexibility index (Phi) is 5.54. The fraction of sp³-hybridized carbons (Fsp3) is 0.667. The lowest BCUT2D eigenvalue weighted by atomic mass is 9.85. The van der Waals surface area contributed by atoms with Crippen molar-refractivity contribution in [3.8, 4) is 0 Å². The molecule has 2 N–H and O–H groups in total. The smallest absolute Gasteiger partial charge is 0.112 e. The maximum Gasteiger partial charge on any atom is 0.112 e. The summed E-state index contributed by atoms with van der Waals surface area (Å²) in [6.45, 7) is 4.25. The Labute approximate surface area is 142 Å². The monoisotopic (exact) mass is 337 g/mol. The Morgan fingerprint density at radius 2 is 1.96 bits per heavy atom. The van der Waals surface area contributed by atoms with Gasteiger partial charge in [-0.1, -0.05) is 37.3 Å². The van der Waals surface area contributed by atoms with E-state index in [0.717, 1.165) is 5.56 Å². The number of ether oxygens (including phenoxy) is 2. The maximum atomic E-state index is 10.2. The van der Waals surface area contributed by atoms with Gasteiger partial charge in [-0.3, -0.25) is 4.84 Å². The van der Waals surface area contributed by atoms with Crippen molar-refractivity contribution in [2.75, 3.05) is 13.7 Å². The van der Waals surface area contributed by atoms with Crippen LogP contribution in [0.3, 0.4) is 0 Å². The molecule has 0 bridgehead atoms. The van der Waals surface area contributed by atoms with E-state index < -0.39 is 12.2 Å². The van der Waals surface area contributed by atoms with Crippen LogP contribution in [-0.4, -0.2) is 65.5 Å². The first kappa shape index (κ1) is 17.8. The van der Waals surface area contributed by atoms with Crippen molar-refractivity contribution in [3.05, 3.63) is 35.9 Å². The Balaban J connectivity index is 1.68. The molecule has 2 aliphatic heterocycles. The van der Waals surface area contributed by atoms with Crippen LogP contribution in [0.25, 0.3) is 0 Å². The predicted molar refractivity (Wildman–Crippen MR) is 88.0 cm³/mol. The first-order valence-corrected chi connectivity index (χ1v) is 8.52. The molecule has 2 unspecified atom stereocenters. The summed E-state index contributed by atoms with van der Waals surface area (Å²) in [6, 6.07) is 9.92. The number of hydrogen-bond acceptors (Lipinski definition) is 6. The van der Waals surface area contributed by atoms with Crippen molar-refractivity contribution in [2.24, 2.45) is 5.92 Å². The van der Waals surface area contributed by atoms with Crippen LogP contribution < -0.4 is 0 Å². The van der Waals surface area contributed by atoms with Gasteiger partial charge in [0, 0.05) is 13.0 Å². The maximum absolute atomic E-state index is 10.2. The summed E-state index contributed by atoms with van der Waals surface area (Å²) in [4.78, 5) is 5.91. The average molecular weight is 337 g/mol. The van der Waals surface area contributed by atoms with Crippen LogP contribution in [-0.2, 0) is 20.9 Å². The zero-order valence-corrected chi connectivity index (χ0v) is 14.4. The molecule has 1 aromatic rings. The molecule has 2 aliphatic rings. The molecule has 24 heavy (non-hydrogen) atoms. The molecule has 2 fully saturated rings. The third-order valence-corrected chi connectivity index (χ3v) is 5.15. The lowest BCUT2D eigenvalue weighted by molar-refractivity contribution is -0.215. The molecule has 0 amide bonds. The number of nitrogens with zero attached hydrogens (tertiary/aromatic N) is 1. The van der Waals surface area contributed by atoms with Gasteiger partial charge in [0.05, 0.1) is 31.5 Å². The number of hydroxylamine groups is 2. The van der Waals surface area contributed by atoms with Gasteiger partial charge in [0.15, 0.2) is 0 Å². The molecule has 0 saturated carbocycles. The van der Waals surface area contributed by atoms with E-state index in [-0.39, 0.29) is 36.9 Å². The number of hydrogen-bond donors (Lipinski definition) is 2. The molecule has 0 radical (unpaired) electrons. The number of rotatable bonds is 5. The molecule has 0 aromatic heterocycles. The molecule has 2 saturated heterocycles. The van der Waals surface area contributed by atoms with Crippen molar-refractivity contribution in [1.82, 2.24) is 5.06 Å². The van der Waals surface area contributed by atoms with E-state index in [1.807, 2.05) is 51.2 Å². The second kappa shape index (κ2) is 7.47. The molecular formula is C18H27NO5. The van der Waals surface area contributed by atoms with E-state index in [4.69, 9.17) is 14.3 Å². The van der Waals surface area contributed by atoms with Crippen LogP contribution >= 0.6 is 0 Å². The normalized spacial score (nSPS) is 38.0. The number of aliphatic hydroxyl groups is 2. The molecule has 7 atom stereocenters. The zero-order valence-electron chi connectivity index (χ0n) is 14.4. The van der Waals surface area contributed by atoms with E-state index in [1.54, 1.807) is 5.06 Å². The second-order valence-corrected chi connectivity index (χ2v) is 6.78. The lowest BCUT2D eigenvalue weighted by Crippen LogP contribution is -2.56. The van der Waals surface area contributed by atoms with Crippen LogP contribution in [0.5, 0.6) is 0 Å². The average Bonchev–Trinajstić information content (AvgIpc) is 2.93. The summed E-state index contributed by atoms with van der Waals surface area (Å²) in [5.41, 5.74) is 1.11. The van der Waals surface area contributed by atoms with Crippen LogP contribution in [0.4, 0.5) is 0 Å². The quantitative estimate of drug-likeness (QED) is 0.834. The van der Waals surface area contributed by atoms with Gasteiger partial charge in [-0.05, 0) is 12.5 Å². The van der Waals surface area contributed by atoms with Gasteiger partial charge in [-0.2, -0.15) is 5.06 Å². The second-order valence-electron chi connectivity index (χ2n) is 6.78. The van der Waals surface area contributed by atoms with E-state index in [0.29, 0.717) is 6.61 Å². The molecule has 6 nitrogen and oxygen atoms in total. The SMILES string of the molecule is C[C@@H]1C2ON(C)[C@H]([C@@H](C)OCc3ccccc3)[C@H]2OC(CO)[C@@H]1O. The Morgan fingerprint density at radius 1 is 1.25 bits per heavy atom. The first-order valence-electron chi connectivity index (χ1n) is 8.52. The highest BCUT2D eigenvalue weighted by Gasteiger charge is 2.54. The minimum Gasteiger partial charge on any atom is -0.394 e. The standard InChI is InChI=1S/C18H27NO5/c1-11-16(21)14(9-20)23-18-15(19(3)24-17(11)18)12(2)22-10-13-7-5-4-6-8-13/h4-8,11-12,14-18,20-21H,9-10H2,1-3H3/t11-,12+,14?,15+,16+,17?,18+/m0/s1. The molecule has 3 rings (SSSR count). The number of aliphatic hydroxyl groups excluding tert-OH is 2. The fourth-order valence-corrected chi connectivity index (χ4v) is 3.71. The molecule has 134 valence electrons. The van der Waals surface area contributed by atoms with Crippen molar-refractivity contribution in [2.45, 2.75) is 57.0 Å². The highest BCUT2D eigenvalue weighted by atomic mass is 16.7. The van der Waals surface area contributed by atoms with Crippen LogP contribution in [0, 0.1) is 5.92 Å². The molecule has 0 aliphatic carbocycles. The van der Waals surface area contributed by atoms with Crippen molar-refractivity contribution < 1.29 is 24.5 Å². The third kappa shape index (κ3) is 3.35. The van der Waals surface area contributed by atoms with Gasteiger partial charge in [0.25, 0.3) is 0 Å². The van der Waals surface area contributed by atoms with Gasteiger partial charge in [-0.25, -0.2) is 0 Å². The summed E-state index contributed by atoms with van der Waals surface area (Å²) in [7, 11) is 1.86. The zero-order chi connectivity index (χ0) is 17.3. The molecule has 2 heterocycles. The Hall–Kier alpha value is -1.02.